The highest BCUT2D eigenvalue weighted by Gasteiger charge is 2.25. The number of hydrogen-bond acceptors (Lipinski definition) is 4. The molecule has 0 spiro atoms. The van der Waals surface area contributed by atoms with Gasteiger partial charge in [-0.3, -0.25) is 4.79 Å². The van der Waals surface area contributed by atoms with Crippen molar-refractivity contribution in [3.8, 4) is 10.6 Å². The van der Waals surface area contributed by atoms with Gasteiger partial charge >= 0.3 is 0 Å². The van der Waals surface area contributed by atoms with Crippen LogP contribution in [0.1, 0.15) is 55.1 Å². The standard InChI is InChI=1S/C21H29N3OS.2ClH/c1-15(2)17-4-6-18(7-5-17)20-23-19(14-26-20)21(25)24-12-9-16(10-13-24)8-11-22-3;;/h4-7,14-16,22H,8-13H2,1-3H3;2*1H. The third-order valence-corrected chi connectivity index (χ3v) is 6.14. The van der Waals surface area contributed by atoms with Crippen LogP contribution in [0.3, 0.4) is 0 Å². The first-order valence-electron chi connectivity index (χ1n) is 9.58. The maximum Gasteiger partial charge on any atom is 0.273 e. The van der Waals surface area contributed by atoms with Crippen molar-refractivity contribution in [1.82, 2.24) is 15.2 Å². The Balaban J connectivity index is 0.00000196. The summed E-state index contributed by atoms with van der Waals surface area (Å²) in [5.74, 6) is 1.34. The second-order valence-electron chi connectivity index (χ2n) is 7.44. The van der Waals surface area contributed by atoms with Gasteiger partial charge < -0.3 is 10.2 Å². The van der Waals surface area contributed by atoms with Gasteiger partial charge in [-0.1, -0.05) is 38.1 Å². The lowest BCUT2D eigenvalue weighted by atomic mass is 9.93. The summed E-state index contributed by atoms with van der Waals surface area (Å²) in [6.45, 7) is 7.14. The van der Waals surface area contributed by atoms with Crippen molar-refractivity contribution in [2.24, 2.45) is 5.92 Å². The first-order chi connectivity index (χ1) is 12.6. The van der Waals surface area contributed by atoms with Crippen molar-refractivity contribution < 1.29 is 4.79 Å². The van der Waals surface area contributed by atoms with Crippen LogP contribution in [-0.2, 0) is 0 Å². The van der Waals surface area contributed by atoms with Crippen LogP contribution in [0.5, 0.6) is 0 Å². The summed E-state index contributed by atoms with van der Waals surface area (Å²) in [4.78, 5) is 19.4. The summed E-state index contributed by atoms with van der Waals surface area (Å²) < 4.78 is 0. The maximum atomic E-state index is 12.8. The number of amides is 1. The van der Waals surface area contributed by atoms with Crippen LogP contribution in [-0.4, -0.2) is 42.5 Å². The molecular weight excluding hydrogens is 413 g/mol. The van der Waals surface area contributed by atoms with Crippen molar-refractivity contribution in [1.29, 1.82) is 0 Å². The minimum absolute atomic E-state index is 0. The van der Waals surface area contributed by atoms with E-state index in [1.165, 1.54) is 12.0 Å². The molecule has 4 nitrogen and oxygen atoms in total. The summed E-state index contributed by atoms with van der Waals surface area (Å²) >= 11 is 1.55. The molecule has 0 atom stereocenters. The zero-order valence-corrected chi connectivity index (χ0v) is 19.3. The van der Waals surface area contributed by atoms with E-state index >= 15 is 0 Å². The molecule has 0 unspecified atom stereocenters. The fourth-order valence-electron chi connectivity index (χ4n) is 3.45. The van der Waals surface area contributed by atoms with Crippen LogP contribution < -0.4 is 5.32 Å². The Labute approximate surface area is 184 Å². The third kappa shape index (κ3) is 6.18. The average molecular weight is 444 g/mol. The molecule has 28 heavy (non-hydrogen) atoms. The minimum Gasteiger partial charge on any atom is -0.337 e. The molecule has 0 radical (unpaired) electrons. The fourth-order valence-corrected chi connectivity index (χ4v) is 4.25. The van der Waals surface area contributed by atoms with E-state index in [1.807, 2.05) is 17.3 Å². The highest BCUT2D eigenvalue weighted by molar-refractivity contribution is 7.13. The molecule has 1 aliphatic rings. The Morgan fingerprint density at radius 3 is 2.43 bits per heavy atom. The minimum atomic E-state index is 0. The van der Waals surface area contributed by atoms with Gasteiger partial charge in [-0.2, -0.15) is 0 Å². The van der Waals surface area contributed by atoms with Crippen LogP contribution in [0.4, 0.5) is 0 Å². The van der Waals surface area contributed by atoms with Crippen LogP contribution in [0.15, 0.2) is 29.6 Å². The van der Waals surface area contributed by atoms with Gasteiger partial charge in [0, 0.05) is 24.0 Å². The molecule has 0 aliphatic carbocycles. The number of thiazole rings is 1. The fraction of sp³-hybridized carbons (Fsp3) is 0.524. The monoisotopic (exact) mass is 443 g/mol. The van der Waals surface area contributed by atoms with Crippen molar-refractivity contribution in [3.63, 3.8) is 0 Å². The van der Waals surface area contributed by atoms with Crippen LogP contribution in [0, 0.1) is 5.92 Å². The molecule has 3 rings (SSSR count). The van der Waals surface area contributed by atoms with Gasteiger partial charge in [0.15, 0.2) is 0 Å². The number of benzene rings is 1. The summed E-state index contributed by atoms with van der Waals surface area (Å²) in [6, 6.07) is 8.52. The molecule has 1 fully saturated rings. The van der Waals surface area contributed by atoms with Crippen LogP contribution >= 0.6 is 36.2 Å². The SMILES string of the molecule is CNCCC1CCN(C(=O)c2csc(-c3ccc(C(C)C)cc3)n2)CC1.Cl.Cl. The molecule has 0 saturated carbocycles. The Kier molecular flexibility index (Phi) is 10.5. The van der Waals surface area contributed by atoms with Gasteiger partial charge in [-0.15, -0.1) is 36.2 Å². The number of carbonyl (C=O) groups excluding carboxylic acids is 1. The van der Waals surface area contributed by atoms with Gasteiger partial charge in [-0.25, -0.2) is 4.98 Å². The molecule has 1 amide bonds. The van der Waals surface area contributed by atoms with E-state index in [0.29, 0.717) is 11.6 Å². The van der Waals surface area contributed by atoms with Gasteiger partial charge in [0.25, 0.3) is 5.91 Å². The first-order valence-corrected chi connectivity index (χ1v) is 10.5. The normalized spacial score (nSPS) is 14.5. The Hall–Kier alpha value is -1.14. The molecule has 0 bridgehead atoms. The van der Waals surface area contributed by atoms with E-state index in [-0.39, 0.29) is 30.7 Å². The number of halogens is 2. The largest absolute Gasteiger partial charge is 0.337 e. The molecule has 7 heteroatoms. The van der Waals surface area contributed by atoms with Gasteiger partial charge in [0.05, 0.1) is 0 Å². The molecular formula is C21H31Cl2N3OS. The summed E-state index contributed by atoms with van der Waals surface area (Å²) in [5.41, 5.74) is 3.00. The average Bonchev–Trinajstić information content (AvgIpc) is 3.16. The predicted octanol–water partition coefficient (Wildman–Crippen LogP) is 5.24. The van der Waals surface area contributed by atoms with Crippen molar-refractivity contribution in [2.75, 3.05) is 26.7 Å². The summed E-state index contributed by atoms with van der Waals surface area (Å²) in [6.07, 6.45) is 3.40. The second kappa shape index (κ2) is 11.8. The van der Waals surface area contributed by atoms with Gasteiger partial charge in [-0.05, 0) is 50.3 Å². The first kappa shape index (κ1) is 24.9. The topological polar surface area (TPSA) is 45.2 Å². The Morgan fingerprint density at radius 2 is 1.86 bits per heavy atom. The molecule has 2 aromatic rings. The molecule has 156 valence electrons. The lowest BCUT2D eigenvalue weighted by molar-refractivity contribution is 0.0682. The maximum absolute atomic E-state index is 12.8. The highest BCUT2D eigenvalue weighted by Crippen LogP contribution is 2.27. The van der Waals surface area contributed by atoms with Crippen molar-refractivity contribution in [3.05, 3.63) is 40.9 Å². The molecule has 2 heterocycles. The Bertz CT molecular complexity index is 726. The van der Waals surface area contributed by atoms with E-state index in [1.54, 1.807) is 11.3 Å². The zero-order valence-electron chi connectivity index (χ0n) is 16.8. The number of nitrogens with one attached hydrogen (secondary N) is 1. The number of nitrogens with zero attached hydrogens (tertiary/aromatic N) is 2. The summed E-state index contributed by atoms with van der Waals surface area (Å²) in [7, 11) is 1.99. The molecule has 1 aromatic carbocycles. The van der Waals surface area contributed by atoms with Gasteiger partial charge in [0.1, 0.15) is 10.7 Å². The van der Waals surface area contributed by atoms with E-state index < -0.39 is 0 Å². The van der Waals surface area contributed by atoms with Crippen molar-refractivity contribution in [2.45, 2.75) is 39.0 Å². The molecule has 1 aromatic heterocycles. The van der Waals surface area contributed by atoms with Gasteiger partial charge in [0.2, 0.25) is 0 Å². The lowest BCUT2D eigenvalue weighted by Gasteiger charge is -2.31. The smallest absolute Gasteiger partial charge is 0.273 e. The number of aromatic nitrogens is 1. The number of rotatable bonds is 6. The van der Waals surface area contributed by atoms with E-state index in [9.17, 15) is 4.79 Å². The second-order valence-corrected chi connectivity index (χ2v) is 8.30. The highest BCUT2D eigenvalue weighted by atomic mass is 35.5. The summed E-state index contributed by atoms with van der Waals surface area (Å²) in [5, 5.41) is 6.04. The van der Waals surface area contributed by atoms with E-state index in [0.717, 1.165) is 49.0 Å². The van der Waals surface area contributed by atoms with Crippen LogP contribution in [0.2, 0.25) is 0 Å². The van der Waals surface area contributed by atoms with E-state index in [2.05, 4.69) is 48.4 Å². The zero-order chi connectivity index (χ0) is 18.5. The molecule has 1 saturated heterocycles. The van der Waals surface area contributed by atoms with Crippen molar-refractivity contribution >= 4 is 42.1 Å². The quantitative estimate of drug-likeness (QED) is 0.663. The van der Waals surface area contributed by atoms with E-state index in [4.69, 9.17) is 0 Å². The molecule has 1 N–H and O–H groups in total. The number of piperidine rings is 1. The third-order valence-electron chi connectivity index (χ3n) is 5.25. The predicted molar refractivity (Wildman–Crippen MR) is 123 cm³/mol. The number of carbonyl (C=O) groups is 1. The number of hydrogen-bond donors (Lipinski definition) is 1. The number of likely N-dealkylation sites (tertiary alicyclic amines) is 1. The Morgan fingerprint density at radius 1 is 1.21 bits per heavy atom. The molecule has 1 aliphatic heterocycles. The van der Waals surface area contributed by atoms with Crippen LogP contribution in [0.25, 0.3) is 10.6 Å². The lowest BCUT2D eigenvalue weighted by Crippen LogP contribution is -2.39.